The number of nitrogens with zero attached hydrogens (tertiary/aromatic N) is 1. The van der Waals surface area contributed by atoms with Crippen LogP contribution in [0.1, 0.15) is 11.1 Å². The van der Waals surface area contributed by atoms with E-state index in [1.54, 1.807) is 26.5 Å². The van der Waals surface area contributed by atoms with E-state index in [0.717, 1.165) is 16.9 Å². The highest BCUT2D eigenvalue weighted by atomic mass is 16.5. The van der Waals surface area contributed by atoms with Gasteiger partial charge in [0, 0.05) is 24.8 Å². The molecule has 0 bridgehead atoms. The van der Waals surface area contributed by atoms with Gasteiger partial charge in [0.05, 0.1) is 14.2 Å². The zero-order valence-corrected chi connectivity index (χ0v) is 12.6. The van der Waals surface area contributed by atoms with Crippen molar-refractivity contribution in [2.24, 2.45) is 0 Å². The van der Waals surface area contributed by atoms with Gasteiger partial charge in [-0.15, -0.1) is 0 Å². The SMILES string of the molecule is COc1cccc(CNC(=O)NCc2cccnc2OC)c1. The molecule has 1 aromatic heterocycles. The standard InChI is InChI=1S/C16H19N3O3/c1-21-14-7-3-5-12(9-14)10-18-16(20)19-11-13-6-4-8-17-15(13)22-2/h3-9H,10-11H2,1-2H3,(H2,18,19,20). The van der Waals surface area contributed by atoms with E-state index in [9.17, 15) is 4.79 Å². The van der Waals surface area contributed by atoms with Gasteiger partial charge in [0.15, 0.2) is 0 Å². The fourth-order valence-electron chi connectivity index (χ4n) is 1.95. The number of carbonyl (C=O) groups is 1. The second kappa shape index (κ2) is 7.87. The van der Waals surface area contributed by atoms with Crippen LogP contribution in [0.15, 0.2) is 42.6 Å². The topological polar surface area (TPSA) is 72.5 Å². The lowest BCUT2D eigenvalue weighted by molar-refractivity contribution is 0.240. The average Bonchev–Trinajstić information content (AvgIpc) is 2.58. The van der Waals surface area contributed by atoms with Gasteiger partial charge in [-0.3, -0.25) is 0 Å². The number of ether oxygens (including phenoxy) is 2. The molecule has 0 aliphatic rings. The molecule has 2 aromatic rings. The van der Waals surface area contributed by atoms with Crippen LogP contribution in [0, 0.1) is 0 Å². The van der Waals surface area contributed by atoms with Crippen molar-refractivity contribution in [1.29, 1.82) is 0 Å². The molecule has 2 rings (SSSR count). The van der Waals surface area contributed by atoms with Crippen LogP contribution in [0.3, 0.4) is 0 Å². The maximum absolute atomic E-state index is 11.8. The lowest BCUT2D eigenvalue weighted by atomic mass is 10.2. The number of amides is 2. The summed E-state index contributed by atoms with van der Waals surface area (Å²) in [5, 5.41) is 5.56. The lowest BCUT2D eigenvalue weighted by Gasteiger charge is -2.10. The number of nitrogens with one attached hydrogen (secondary N) is 2. The molecule has 116 valence electrons. The Morgan fingerprint density at radius 2 is 1.91 bits per heavy atom. The fourth-order valence-corrected chi connectivity index (χ4v) is 1.95. The summed E-state index contributed by atoms with van der Waals surface area (Å²) in [6, 6.07) is 10.9. The summed E-state index contributed by atoms with van der Waals surface area (Å²) in [5.41, 5.74) is 1.79. The number of benzene rings is 1. The number of rotatable bonds is 6. The number of hydrogen-bond acceptors (Lipinski definition) is 4. The van der Waals surface area contributed by atoms with E-state index in [1.807, 2.05) is 30.3 Å². The Morgan fingerprint density at radius 1 is 1.09 bits per heavy atom. The van der Waals surface area contributed by atoms with Crippen molar-refractivity contribution in [3.63, 3.8) is 0 Å². The monoisotopic (exact) mass is 301 g/mol. The van der Waals surface area contributed by atoms with Crippen LogP contribution in [0.5, 0.6) is 11.6 Å². The maximum Gasteiger partial charge on any atom is 0.315 e. The van der Waals surface area contributed by atoms with Crippen LogP contribution in [0.4, 0.5) is 4.79 Å². The highest BCUT2D eigenvalue weighted by Gasteiger charge is 2.06. The van der Waals surface area contributed by atoms with E-state index in [2.05, 4.69) is 15.6 Å². The summed E-state index contributed by atoms with van der Waals surface area (Å²) in [6.07, 6.45) is 1.64. The molecule has 0 fully saturated rings. The Balaban J connectivity index is 1.83. The molecule has 0 atom stereocenters. The van der Waals surface area contributed by atoms with Gasteiger partial charge < -0.3 is 20.1 Å². The third-order valence-corrected chi connectivity index (χ3v) is 3.07. The molecule has 22 heavy (non-hydrogen) atoms. The molecule has 6 nitrogen and oxygen atoms in total. The second-order valence-electron chi connectivity index (χ2n) is 4.56. The zero-order chi connectivity index (χ0) is 15.8. The van der Waals surface area contributed by atoms with Gasteiger partial charge in [-0.1, -0.05) is 18.2 Å². The average molecular weight is 301 g/mol. The van der Waals surface area contributed by atoms with E-state index in [1.165, 1.54) is 0 Å². The third kappa shape index (κ3) is 4.37. The van der Waals surface area contributed by atoms with Crippen molar-refractivity contribution >= 4 is 6.03 Å². The van der Waals surface area contributed by atoms with E-state index in [0.29, 0.717) is 19.0 Å². The molecule has 0 aliphatic carbocycles. The first-order valence-electron chi connectivity index (χ1n) is 6.85. The molecule has 2 N–H and O–H groups in total. The molecule has 0 saturated heterocycles. The first-order valence-corrected chi connectivity index (χ1v) is 6.85. The molecule has 0 spiro atoms. The molecular weight excluding hydrogens is 282 g/mol. The number of methoxy groups -OCH3 is 2. The molecule has 1 aromatic carbocycles. The summed E-state index contributed by atoms with van der Waals surface area (Å²) in [7, 11) is 3.16. The Hall–Kier alpha value is -2.76. The lowest BCUT2D eigenvalue weighted by Crippen LogP contribution is -2.34. The van der Waals surface area contributed by atoms with Gasteiger partial charge in [-0.2, -0.15) is 0 Å². The van der Waals surface area contributed by atoms with Gasteiger partial charge in [-0.05, 0) is 23.8 Å². The van der Waals surface area contributed by atoms with E-state index in [4.69, 9.17) is 9.47 Å². The second-order valence-corrected chi connectivity index (χ2v) is 4.56. The summed E-state index contributed by atoms with van der Waals surface area (Å²) in [5.74, 6) is 1.27. The molecule has 1 heterocycles. The van der Waals surface area contributed by atoms with Crippen molar-refractivity contribution in [2.75, 3.05) is 14.2 Å². The van der Waals surface area contributed by atoms with E-state index < -0.39 is 0 Å². The number of urea groups is 1. The molecule has 0 unspecified atom stereocenters. The van der Waals surface area contributed by atoms with Crippen molar-refractivity contribution in [2.45, 2.75) is 13.1 Å². The first-order chi connectivity index (χ1) is 10.7. The normalized spacial score (nSPS) is 9.91. The minimum absolute atomic E-state index is 0.256. The van der Waals surface area contributed by atoms with Gasteiger partial charge in [0.25, 0.3) is 0 Å². The van der Waals surface area contributed by atoms with E-state index >= 15 is 0 Å². The Labute approximate surface area is 129 Å². The minimum Gasteiger partial charge on any atom is -0.497 e. The largest absolute Gasteiger partial charge is 0.497 e. The predicted molar refractivity (Wildman–Crippen MR) is 82.9 cm³/mol. The maximum atomic E-state index is 11.8. The summed E-state index contributed by atoms with van der Waals surface area (Å²) < 4.78 is 10.3. The highest BCUT2D eigenvalue weighted by Crippen LogP contribution is 2.13. The van der Waals surface area contributed by atoms with Crippen LogP contribution in [-0.2, 0) is 13.1 Å². The van der Waals surface area contributed by atoms with Crippen LogP contribution in [-0.4, -0.2) is 25.2 Å². The smallest absolute Gasteiger partial charge is 0.315 e. The fraction of sp³-hybridized carbons (Fsp3) is 0.250. The molecule has 0 radical (unpaired) electrons. The number of carbonyl (C=O) groups excluding carboxylic acids is 1. The molecule has 0 saturated carbocycles. The minimum atomic E-state index is -0.256. The van der Waals surface area contributed by atoms with Crippen LogP contribution in [0.25, 0.3) is 0 Å². The van der Waals surface area contributed by atoms with Gasteiger partial charge in [0.2, 0.25) is 5.88 Å². The predicted octanol–water partition coefficient (Wildman–Crippen LogP) is 2.10. The van der Waals surface area contributed by atoms with Crippen molar-refractivity contribution in [3.8, 4) is 11.6 Å². The van der Waals surface area contributed by atoms with Crippen LogP contribution >= 0.6 is 0 Å². The highest BCUT2D eigenvalue weighted by molar-refractivity contribution is 5.73. The Bertz CT molecular complexity index is 632. The summed E-state index contributed by atoms with van der Waals surface area (Å²) in [6.45, 7) is 0.772. The summed E-state index contributed by atoms with van der Waals surface area (Å²) >= 11 is 0. The molecule has 2 amide bonds. The number of hydrogen-bond donors (Lipinski definition) is 2. The third-order valence-electron chi connectivity index (χ3n) is 3.07. The molecular formula is C16H19N3O3. The first kappa shape index (κ1) is 15.6. The quantitative estimate of drug-likeness (QED) is 0.857. The van der Waals surface area contributed by atoms with Crippen LogP contribution in [0.2, 0.25) is 0 Å². The van der Waals surface area contributed by atoms with E-state index in [-0.39, 0.29) is 6.03 Å². The Kier molecular flexibility index (Phi) is 5.59. The van der Waals surface area contributed by atoms with Crippen molar-refractivity contribution in [1.82, 2.24) is 15.6 Å². The van der Waals surface area contributed by atoms with Crippen molar-refractivity contribution < 1.29 is 14.3 Å². The number of aromatic nitrogens is 1. The summed E-state index contributed by atoms with van der Waals surface area (Å²) in [4.78, 5) is 15.9. The number of pyridine rings is 1. The van der Waals surface area contributed by atoms with Gasteiger partial charge in [-0.25, -0.2) is 9.78 Å². The van der Waals surface area contributed by atoms with Crippen molar-refractivity contribution in [3.05, 3.63) is 53.7 Å². The Morgan fingerprint density at radius 3 is 2.68 bits per heavy atom. The van der Waals surface area contributed by atoms with Crippen LogP contribution < -0.4 is 20.1 Å². The van der Waals surface area contributed by atoms with Gasteiger partial charge in [0.1, 0.15) is 5.75 Å². The van der Waals surface area contributed by atoms with Gasteiger partial charge >= 0.3 is 6.03 Å². The molecule has 0 aliphatic heterocycles. The zero-order valence-electron chi connectivity index (χ0n) is 12.6. The molecule has 6 heteroatoms.